The van der Waals surface area contributed by atoms with Crippen LogP contribution >= 0.6 is 0 Å². The van der Waals surface area contributed by atoms with Crippen LogP contribution in [0.2, 0.25) is 0 Å². The van der Waals surface area contributed by atoms with Crippen LogP contribution in [0.3, 0.4) is 0 Å². The van der Waals surface area contributed by atoms with E-state index in [0.29, 0.717) is 5.95 Å². The fraction of sp³-hybridized carbons (Fsp3) is 0. The second-order valence-electron chi connectivity index (χ2n) is 22.1. The third kappa shape index (κ3) is 6.04. The Morgan fingerprint density at radius 3 is 0.679 bits per heavy atom. The fourth-order valence-electron chi connectivity index (χ4n) is 14.5. The molecule has 12 aromatic carbocycles. The molecule has 8 nitrogen and oxygen atoms in total. The third-order valence-electron chi connectivity index (χ3n) is 17.8. The van der Waals surface area contributed by atoms with E-state index >= 15 is 0 Å². The van der Waals surface area contributed by atoms with E-state index in [0.717, 1.165) is 143 Å². The Morgan fingerprint density at radius 2 is 0.393 bits per heavy atom. The normalized spacial score (nSPS) is 12.3. The first kappa shape index (κ1) is 45.3. The van der Waals surface area contributed by atoms with Crippen molar-refractivity contribution in [2.24, 2.45) is 0 Å². The number of nitrogens with zero attached hydrogens (tertiary/aromatic N) is 8. The lowest BCUT2D eigenvalue weighted by molar-refractivity contribution is 0.918. The summed E-state index contributed by atoms with van der Waals surface area (Å²) >= 11 is 0. The first-order chi connectivity index (χ1) is 41.7. The molecule has 0 aliphatic rings. The molecule has 0 unspecified atom stereocenters. The van der Waals surface area contributed by atoms with E-state index in [1.165, 1.54) is 16.2 Å². The smallest absolute Gasteiger partial charge is 0.238 e. The third-order valence-corrected chi connectivity index (χ3v) is 17.8. The van der Waals surface area contributed by atoms with E-state index < -0.39 is 0 Å². The summed E-state index contributed by atoms with van der Waals surface area (Å²) in [5.74, 6) is 2.03. The van der Waals surface area contributed by atoms with Gasteiger partial charge in [-0.25, -0.2) is 0 Å². The maximum Gasteiger partial charge on any atom is 0.238 e. The van der Waals surface area contributed by atoms with Gasteiger partial charge in [-0.2, -0.15) is 9.97 Å². The largest absolute Gasteiger partial charge is 0.307 e. The molecular formula is C76H46N8. The molecule has 0 radical (unpaired) electrons. The highest BCUT2D eigenvalue weighted by Gasteiger charge is 2.28. The molecule has 0 fully saturated rings. The van der Waals surface area contributed by atoms with Crippen molar-refractivity contribution in [3.05, 3.63) is 279 Å². The standard InChI is InChI=1S/C76H46N8/c1-4-22-47(23-5-1)79-62-34-16-10-28-50(62)56-40-43-59-53-31-13-19-37-65(53)82(73(59)70(56)79)68-46-69(83-66-38-20-14-32-54(66)60-44-41-57-51-29-11-17-35-63(51)80(71(57)74(60)83)48-24-6-2-7-25-48)78-76(77-68)84-67-39-21-15-33-55(67)61-45-42-58-52-30-12-18-36-64(52)81(72(58)75(61)84)49-26-8-3-9-27-49/h1-46H. The van der Waals surface area contributed by atoms with E-state index in [4.69, 9.17) is 9.97 Å². The van der Waals surface area contributed by atoms with Crippen LogP contribution in [0.5, 0.6) is 0 Å². The summed E-state index contributed by atoms with van der Waals surface area (Å²) in [6.07, 6.45) is 0. The molecule has 390 valence electrons. The second-order valence-corrected chi connectivity index (χ2v) is 22.1. The molecule has 0 N–H and O–H groups in total. The minimum atomic E-state index is 0.550. The van der Waals surface area contributed by atoms with Gasteiger partial charge in [0, 0.05) is 87.8 Å². The van der Waals surface area contributed by atoms with Crippen molar-refractivity contribution >= 4 is 131 Å². The quantitative estimate of drug-likeness (QED) is 0.167. The predicted octanol–water partition coefficient (Wildman–Crippen LogP) is 19.1. The van der Waals surface area contributed by atoms with Crippen molar-refractivity contribution in [2.45, 2.75) is 0 Å². The lowest BCUT2D eigenvalue weighted by Gasteiger charge is -2.17. The van der Waals surface area contributed by atoms with Gasteiger partial charge in [-0.3, -0.25) is 13.7 Å². The lowest BCUT2D eigenvalue weighted by atomic mass is 10.1. The first-order valence-electron chi connectivity index (χ1n) is 28.7. The molecule has 7 aromatic heterocycles. The van der Waals surface area contributed by atoms with Crippen LogP contribution in [0, 0.1) is 0 Å². The average molecular weight is 1070 g/mol. The van der Waals surface area contributed by atoms with Gasteiger partial charge in [-0.05, 0) is 72.8 Å². The molecule has 0 bridgehead atoms. The zero-order valence-electron chi connectivity index (χ0n) is 45.1. The van der Waals surface area contributed by atoms with Crippen molar-refractivity contribution < 1.29 is 0 Å². The van der Waals surface area contributed by atoms with Gasteiger partial charge < -0.3 is 13.7 Å². The molecule has 0 atom stereocenters. The van der Waals surface area contributed by atoms with E-state index in [2.05, 4.69) is 306 Å². The number of benzene rings is 12. The van der Waals surface area contributed by atoms with E-state index in [1.54, 1.807) is 0 Å². The summed E-state index contributed by atoms with van der Waals surface area (Å²) in [5.41, 5.74) is 16.2. The summed E-state index contributed by atoms with van der Waals surface area (Å²) in [6, 6.07) is 101. The molecule has 0 aliphatic heterocycles. The van der Waals surface area contributed by atoms with Gasteiger partial charge in [-0.1, -0.05) is 200 Å². The zero-order chi connectivity index (χ0) is 54.7. The monoisotopic (exact) mass is 1070 g/mol. The van der Waals surface area contributed by atoms with Crippen molar-refractivity contribution in [2.75, 3.05) is 0 Å². The highest BCUT2D eigenvalue weighted by atomic mass is 15.2. The van der Waals surface area contributed by atoms with Gasteiger partial charge >= 0.3 is 0 Å². The predicted molar refractivity (Wildman–Crippen MR) is 348 cm³/mol. The Kier molecular flexibility index (Phi) is 9.18. The zero-order valence-corrected chi connectivity index (χ0v) is 45.1. The summed E-state index contributed by atoms with van der Waals surface area (Å²) in [5, 5.41) is 13.8. The van der Waals surface area contributed by atoms with Crippen LogP contribution in [-0.4, -0.2) is 37.4 Å². The Bertz CT molecular complexity index is 5370. The van der Waals surface area contributed by atoms with Crippen molar-refractivity contribution in [1.82, 2.24) is 37.4 Å². The van der Waals surface area contributed by atoms with Gasteiger partial charge in [0.1, 0.15) is 11.6 Å². The van der Waals surface area contributed by atoms with Gasteiger partial charge in [0.25, 0.3) is 0 Å². The van der Waals surface area contributed by atoms with Crippen LogP contribution in [0.1, 0.15) is 0 Å². The SMILES string of the molecule is c1ccc(-n2c3ccccc3c3ccc4c5ccccc5n(-c5cc(-n6c7ccccc7c7ccc8c9ccccc9n(-c9ccccc9)c8c76)nc(-n6c7ccccc7c7ccc8c9ccccc9n(-c9ccccc9)c8c76)n5)c4c32)cc1. The van der Waals surface area contributed by atoms with Crippen molar-refractivity contribution in [1.29, 1.82) is 0 Å². The molecule has 0 saturated carbocycles. The number of aromatic nitrogens is 8. The minimum Gasteiger partial charge on any atom is -0.307 e. The van der Waals surface area contributed by atoms with Crippen LogP contribution < -0.4 is 0 Å². The highest BCUT2D eigenvalue weighted by Crippen LogP contribution is 2.46. The van der Waals surface area contributed by atoms with Crippen LogP contribution in [0.15, 0.2) is 279 Å². The Labute approximate surface area is 479 Å². The molecule has 8 heteroatoms. The molecular weight excluding hydrogens is 1020 g/mol. The molecule has 0 saturated heterocycles. The average Bonchev–Trinajstić information content (AvgIpc) is 3.53. The van der Waals surface area contributed by atoms with Gasteiger partial charge in [-0.15, -0.1) is 0 Å². The van der Waals surface area contributed by atoms with Crippen molar-refractivity contribution in [3.63, 3.8) is 0 Å². The van der Waals surface area contributed by atoms with E-state index in [1.807, 2.05) is 0 Å². The first-order valence-corrected chi connectivity index (χ1v) is 28.7. The van der Waals surface area contributed by atoms with Gasteiger partial charge in [0.05, 0.1) is 66.2 Å². The number of fused-ring (bicyclic) bond motifs is 21. The Hall–Kier alpha value is -11.5. The Morgan fingerprint density at radius 1 is 0.179 bits per heavy atom. The summed E-state index contributed by atoms with van der Waals surface area (Å²) in [6.45, 7) is 0. The molecule has 0 amide bonds. The highest BCUT2D eigenvalue weighted by molar-refractivity contribution is 6.27. The van der Waals surface area contributed by atoms with E-state index in [9.17, 15) is 0 Å². The van der Waals surface area contributed by atoms with Gasteiger partial charge in [0.2, 0.25) is 5.95 Å². The van der Waals surface area contributed by atoms with Crippen LogP contribution in [-0.2, 0) is 0 Å². The summed E-state index contributed by atoms with van der Waals surface area (Å²) in [7, 11) is 0. The molecule has 0 aliphatic carbocycles. The van der Waals surface area contributed by atoms with Crippen LogP contribution in [0.4, 0.5) is 0 Å². The van der Waals surface area contributed by atoms with Crippen molar-refractivity contribution in [3.8, 4) is 34.6 Å². The maximum absolute atomic E-state index is 6.06. The molecule has 19 rings (SSSR count). The number of hydrogen-bond donors (Lipinski definition) is 0. The minimum absolute atomic E-state index is 0.550. The molecule has 7 heterocycles. The van der Waals surface area contributed by atoms with E-state index in [-0.39, 0.29) is 0 Å². The van der Waals surface area contributed by atoms with Gasteiger partial charge in [0.15, 0.2) is 0 Å². The Balaban J connectivity index is 1.04. The molecule has 19 aromatic rings. The lowest BCUT2D eigenvalue weighted by Crippen LogP contribution is -2.11. The topological polar surface area (TPSA) is 55.4 Å². The number of para-hydroxylation sites is 9. The number of rotatable bonds is 6. The number of hydrogen-bond acceptors (Lipinski definition) is 2. The second kappa shape index (κ2) is 17.0. The fourth-order valence-corrected chi connectivity index (χ4v) is 14.5. The molecule has 0 spiro atoms. The molecule has 84 heavy (non-hydrogen) atoms. The van der Waals surface area contributed by atoms with Crippen LogP contribution in [0.25, 0.3) is 165 Å². The summed E-state index contributed by atoms with van der Waals surface area (Å²) in [4.78, 5) is 12.1. The summed E-state index contributed by atoms with van der Waals surface area (Å²) < 4.78 is 14.5. The maximum atomic E-state index is 6.06.